The number of carbonyl (C=O) groups excluding carboxylic acids is 2. The van der Waals surface area contributed by atoms with Gasteiger partial charge in [0.05, 0.1) is 11.1 Å². The number of aryl methyl sites for hydroxylation is 6. The van der Waals surface area contributed by atoms with Gasteiger partial charge in [0.2, 0.25) is 23.3 Å². The number of benzene rings is 6. The molecule has 0 aromatic heterocycles. The fourth-order valence-corrected chi connectivity index (χ4v) is 6.22. The maximum Gasteiger partial charge on any atom is 2.00 e. The van der Waals surface area contributed by atoms with Gasteiger partial charge in [-0.15, -0.1) is 0 Å². The van der Waals surface area contributed by atoms with E-state index < -0.39 is 174 Å². The molecule has 25 heteroatoms. The molecule has 1 radical (unpaired) electrons. The number of allylic oxidation sites excluding steroid dienone is 2. The van der Waals surface area contributed by atoms with E-state index in [0.717, 1.165) is 0 Å². The molecular weight excluding hydrogens is 1080 g/mol. The molecular formula is C48H26CuF20O4. The van der Waals surface area contributed by atoms with Crippen molar-refractivity contribution >= 4 is 23.1 Å². The summed E-state index contributed by atoms with van der Waals surface area (Å²) in [6.07, 6.45) is -1.17. The van der Waals surface area contributed by atoms with Crippen LogP contribution in [0.5, 0.6) is 0 Å². The van der Waals surface area contributed by atoms with Gasteiger partial charge in [-0.1, -0.05) is 81.3 Å². The second-order valence-electron chi connectivity index (χ2n) is 14.9. The Labute approximate surface area is 409 Å². The van der Waals surface area contributed by atoms with Crippen LogP contribution in [0.3, 0.4) is 0 Å². The van der Waals surface area contributed by atoms with Gasteiger partial charge in [-0.3, -0.25) is 9.59 Å². The van der Waals surface area contributed by atoms with Crippen LogP contribution >= 0.6 is 0 Å². The number of halogens is 20. The third-order valence-electron chi connectivity index (χ3n) is 9.08. The number of carbonyl (C=O) groups is 2. The van der Waals surface area contributed by atoms with E-state index >= 15 is 0 Å². The van der Waals surface area contributed by atoms with Crippen LogP contribution in [0.15, 0.2) is 48.6 Å². The van der Waals surface area contributed by atoms with Crippen molar-refractivity contribution in [1.82, 2.24) is 0 Å². The van der Waals surface area contributed by atoms with Gasteiger partial charge in [-0.25, -0.2) is 87.8 Å². The van der Waals surface area contributed by atoms with Crippen LogP contribution in [0.2, 0.25) is 0 Å². The summed E-state index contributed by atoms with van der Waals surface area (Å²) in [7, 11) is 0. The molecule has 0 aliphatic carbocycles. The van der Waals surface area contributed by atoms with Crippen molar-refractivity contribution in [3.05, 3.63) is 221 Å². The largest absolute Gasteiger partial charge is 2.00 e. The molecule has 0 N–H and O–H groups in total. The Morgan fingerprint density at radius 3 is 0.548 bits per heavy atom. The molecule has 0 bridgehead atoms. The minimum Gasteiger partial charge on any atom is -0.872 e. The molecule has 0 aliphatic rings. The molecule has 0 atom stereocenters. The molecule has 0 fully saturated rings. The summed E-state index contributed by atoms with van der Waals surface area (Å²) in [5, 5.41) is 23.3. The molecule has 6 rings (SSSR count). The van der Waals surface area contributed by atoms with Crippen molar-refractivity contribution in [1.29, 1.82) is 0 Å². The van der Waals surface area contributed by atoms with Crippen LogP contribution in [-0.2, 0) is 17.1 Å². The molecule has 0 saturated heterocycles. The van der Waals surface area contributed by atoms with E-state index in [2.05, 4.69) is 77.9 Å². The number of ketones is 2. The van der Waals surface area contributed by atoms with Crippen LogP contribution < -0.4 is 10.2 Å². The van der Waals surface area contributed by atoms with Gasteiger partial charge < -0.3 is 10.2 Å². The average molecular weight is 1110 g/mol. The van der Waals surface area contributed by atoms with Gasteiger partial charge in [0, 0.05) is 11.1 Å². The van der Waals surface area contributed by atoms with Crippen LogP contribution in [0.1, 0.15) is 65.2 Å². The Hall–Kier alpha value is -7.14. The van der Waals surface area contributed by atoms with E-state index in [9.17, 15) is 108 Å². The molecule has 0 unspecified atom stereocenters. The number of hydrogen-bond donors (Lipinski definition) is 0. The van der Waals surface area contributed by atoms with Gasteiger partial charge in [-0.05, 0) is 53.7 Å². The van der Waals surface area contributed by atoms with E-state index in [0.29, 0.717) is 0 Å². The van der Waals surface area contributed by atoms with Crippen molar-refractivity contribution in [2.45, 2.75) is 41.5 Å². The van der Waals surface area contributed by atoms with Gasteiger partial charge in [0.15, 0.2) is 105 Å². The normalized spacial score (nSPS) is 11.2. The second kappa shape index (κ2) is 25.0. The van der Waals surface area contributed by atoms with E-state index in [-0.39, 0.29) is 17.1 Å². The van der Waals surface area contributed by atoms with Crippen LogP contribution in [-0.4, -0.2) is 11.6 Å². The van der Waals surface area contributed by atoms with Crippen LogP contribution in [0.4, 0.5) is 87.8 Å². The zero-order valence-electron chi connectivity index (χ0n) is 37.1. The summed E-state index contributed by atoms with van der Waals surface area (Å²) in [5.41, 5.74) is -0.528. The first-order chi connectivity index (χ1) is 33.2. The summed E-state index contributed by atoms with van der Waals surface area (Å²) in [4.78, 5) is 23.3. The minimum atomic E-state index is -2.64. The Morgan fingerprint density at radius 1 is 0.274 bits per heavy atom. The zero-order chi connectivity index (χ0) is 55.3. The summed E-state index contributed by atoms with van der Waals surface area (Å²) < 4.78 is 263. The fourth-order valence-electron chi connectivity index (χ4n) is 6.22. The zero-order valence-corrected chi connectivity index (χ0v) is 38.1. The Kier molecular flexibility index (Phi) is 21.2. The average Bonchev–Trinajstić information content (AvgIpc) is 3.28. The van der Waals surface area contributed by atoms with Crippen molar-refractivity contribution in [3.63, 3.8) is 0 Å². The third-order valence-corrected chi connectivity index (χ3v) is 9.08. The fraction of sp³-hybridized carbons (Fsp3) is 0.125. The molecule has 73 heavy (non-hydrogen) atoms. The van der Waals surface area contributed by atoms with Crippen LogP contribution in [0, 0.1) is 158 Å². The predicted molar refractivity (Wildman–Crippen MR) is 211 cm³/mol. The maximum absolute atomic E-state index is 13.5. The Balaban J connectivity index is 0.000000370. The van der Waals surface area contributed by atoms with E-state index in [4.69, 9.17) is 0 Å². The molecule has 6 aromatic carbocycles. The van der Waals surface area contributed by atoms with Crippen LogP contribution in [0.25, 0.3) is 11.5 Å². The standard InChI is InChI=1S/2C15H2F10O2.2C9H12.Cu/c2*16-6-4(7(17)11(21)14(24)10(6)20)2(26)1-3(27)5-8(18)12(22)15(25)13(23)9(5)19;2*1-7-4-8(2)6-9(3)5-7;/h2*1,26H;2*4-6H,1-3H3;/q;;;;+2/p-2/b2*2-1-;;;. The smallest absolute Gasteiger partial charge is 0.872 e. The van der Waals surface area contributed by atoms with Crippen molar-refractivity contribution in [3.8, 4) is 0 Å². The Bertz CT molecular complexity index is 2800. The van der Waals surface area contributed by atoms with E-state index in [1.807, 2.05) is 0 Å². The number of hydrogen-bond acceptors (Lipinski definition) is 4. The van der Waals surface area contributed by atoms with E-state index in [1.165, 1.54) is 33.4 Å². The first-order valence-electron chi connectivity index (χ1n) is 19.2. The molecule has 6 aromatic rings. The SMILES string of the molecule is Cc1cc(C)cc(C)c1.Cc1cc(C)cc(C)c1.O=C(/C=C(\[O-])c1c(F)c(F)c(F)c(F)c1F)c1c(F)c(F)c(F)c(F)c1F.O=C(/C=C(\[O-])c1c(F)c(F)c(F)c(F)c1F)c1c(F)c(F)c(F)c(F)c1F.[Cu+2]. The molecule has 0 aliphatic heterocycles. The minimum absolute atomic E-state index is 0. The quantitative estimate of drug-likeness (QED) is 0.0317. The third kappa shape index (κ3) is 13.7. The first-order valence-corrected chi connectivity index (χ1v) is 19.2. The molecule has 0 heterocycles. The van der Waals surface area contributed by atoms with Gasteiger partial charge in [0.1, 0.15) is 0 Å². The monoisotopic (exact) mass is 1110 g/mol. The molecule has 0 amide bonds. The molecule has 393 valence electrons. The number of rotatable bonds is 6. The molecule has 4 nitrogen and oxygen atoms in total. The maximum atomic E-state index is 13.5. The first kappa shape index (κ1) is 62.0. The van der Waals surface area contributed by atoms with Crippen molar-refractivity contribution in [2.75, 3.05) is 0 Å². The summed E-state index contributed by atoms with van der Waals surface area (Å²) in [5.74, 6) is -61.4. The molecule has 0 saturated carbocycles. The van der Waals surface area contributed by atoms with Gasteiger partial charge in [0.25, 0.3) is 0 Å². The Morgan fingerprint density at radius 2 is 0.397 bits per heavy atom. The van der Waals surface area contributed by atoms with Gasteiger partial charge >= 0.3 is 17.1 Å². The predicted octanol–water partition coefficient (Wildman–Crippen LogP) is 12.5. The summed E-state index contributed by atoms with van der Waals surface area (Å²) in [6.45, 7) is 12.8. The second-order valence-corrected chi connectivity index (χ2v) is 14.9. The van der Waals surface area contributed by atoms with Gasteiger partial charge in [-0.2, -0.15) is 0 Å². The van der Waals surface area contributed by atoms with Crippen molar-refractivity contribution < 1.29 is 125 Å². The summed E-state index contributed by atoms with van der Waals surface area (Å²) >= 11 is 0. The van der Waals surface area contributed by atoms with E-state index in [1.54, 1.807) is 0 Å². The topological polar surface area (TPSA) is 80.3 Å². The molecule has 0 spiro atoms. The summed E-state index contributed by atoms with van der Waals surface area (Å²) in [6, 6.07) is 13.1. The van der Waals surface area contributed by atoms with Crippen molar-refractivity contribution in [2.24, 2.45) is 0 Å².